The van der Waals surface area contributed by atoms with E-state index < -0.39 is 0 Å². The third-order valence-electron chi connectivity index (χ3n) is 6.08. The third-order valence-corrected chi connectivity index (χ3v) is 6.08. The van der Waals surface area contributed by atoms with E-state index in [1.54, 1.807) is 0 Å². The molecule has 5 rings (SSSR count). The van der Waals surface area contributed by atoms with E-state index >= 15 is 0 Å². The van der Waals surface area contributed by atoms with Crippen molar-refractivity contribution in [3.8, 4) is 0 Å². The molecule has 10 nitrogen and oxygen atoms in total. The molecular formula is C21H30N8O2. The Bertz CT molecular complexity index is 1020. The van der Waals surface area contributed by atoms with Crippen LogP contribution < -0.4 is 4.90 Å². The van der Waals surface area contributed by atoms with Crippen LogP contribution in [0.2, 0.25) is 0 Å². The maximum Gasteiger partial charge on any atom is 0.245 e. The van der Waals surface area contributed by atoms with Crippen LogP contribution in [0.5, 0.6) is 0 Å². The van der Waals surface area contributed by atoms with Crippen molar-refractivity contribution in [1.29, 1.82) is 0 Å². The van der Waals surface area contributed by atoms with Crippen LogP contribution in [0.15, 0.2) is 6.20 Å². The van der Waals surface area contributed by atoms with Crippen molar-refractivity contribution in [2.45, 2.75) is 64.8 Å². The number of aryl methyl sites for hydroxylation is 5. The van der Waals surface area contributed by atoms with Crippen LogP contribution in [0.4, 0.5) is 5.95 Å². The maximum atomic E-state index is 6.14. The summed E-state index contributed by atoms with van der Waals surface area (Å²) in [5, 5.41) is 9.28. The van der Waals surface area contributed by atoms with Gasteiger partial charge in [-0.25, -0.2) is 9.50 Å². The lowest BCUT2D eigenvalue weighted by Crippen LogP contribution is -2.30. The van der Waals surface area contributed by atoms with Crippen LogP contribution in [0.25, 0.3) is 5.65 Å². The summed E-state index contributed by atoms with van der Waals surface area (Å²) in [5.74, 6) is 2.50. The Labute approximate surface area is 181 Å². The van der Waals surface area contributed by atoms with E-state index in [4.69, 9.17) is 14.5 Å². The average Bonchev–Trinajstić information content (AvgIpc) is 3.49. The predicted molar refractivity (Wildman–Crippen MR) is 114 cm³/mol. The molecule has 2 aliphatic heterocycles. The lowest BCUT2D eigenvalue weighted by molar-refractivity contribution is -0.183. The summed E-state index contributed by atoms with van der Waals surface area (Å²) in [7, 11) is 1.95. The topological polar surface area (TPSA) is 95.5 Å². The Morgan fingerprint density at radius 2 is 2.03 bits per heavy atom. The van der Waals surface area contributed by atoms with Gasteiger partial charge in [0, 0.05) is 45.8 Å². The SMILES string of the molecule is Cc1ncc(C)n2nc(CCc3nc(N4CCC(OC5CCCCO5)C4)nn3C)nc12. The van der Waals surface area contributed by atoms with E-state index in [2.05, 4.69) is 25.1 Å². The molecular weight excluding hydrogens is 396 g/mol. The lowest BCUT2D eigenvalue weighted by atomic mass is 10.2. The first-order valence-electron chi connectivity index (χ1n) is 11.2. The highest BCUT2D eigenvalue weighted by molar-refractivity contribution is 5.43. The number of rotatable bonds is 6. The van der Waals surface area contributed by atoms with Crippen molar-refractivity contribution in [3.05, 3.63) is 29.2 Å². The summed E-state index contributed by atoms with van der Waals surface area (Å²) < 4.78 is 15.6. The number of aromatic nitrogens is 7. The van der Waals surface area contributed by atoms with Crippen molar-refractivity contribution in [2.24, 2.45) is 7.05 Å². The standard InChI is InChI=1S/C21H30N8O2/c1-14-12-22-15(2)20-23-17(25-29(14)20)7-8-18-24-21(26-27(18)3)28-10-9-16(13-28)31-19-6-4-5-11-30-19/h12,16,19H,4-11,13H2,1-3H3. The highest BCUT2D eigenvalue weighted by atomic mass is 16.7. The molecule has 0 saturated carbocycles. The second kappa shape index (κ2) is 8.51. The molecule has 0 amide bonds. The zero-order valence-electron chi connectivity index (χ0n) is 18.5. The van der Waals surface area contributed by atoms with Gasteiger partial charge in [0.2, 0.25) is 5.95 Å². The number of hydrogen-bond donors (Lipinski definition) is 0. The molecule has 3 aromatic rings. The molecule has 0 N–H and O–H groups in total. The van der Waals surface area contributed by atoms with Gasteiger partial charge in [-0.2, -0.15) is 10.1 Å². The summed E-state index contributed by atoms with van der Waals surface area (Å²) in [6.07, 6.45) is 7.68. The van der Waals surface area contributed by atoms with Gasteiger partial charge in [-0.05, 0) is 39.5 Å². The van der Waals surface area contributed by atoms with Crippen molar-refractivity contribution in [1.82, 2.24) is 34.3 Å². The van der Waals surface area contributed by atoms with Crippen LogP contribution in [0, 0.1) is 13.8 Å². The predicted octanol–water partition coefficient (Wildman–Crippen LogP) is 1.78. The number of fused-ring (bicyclic) bond motifs is 1. The second-order valence-electron chi connectivity index (χ2n) is 8.49. The largest absolute Gasteiger partial charge is 0.353 e. The van der Waals surface area contributed by atoms with E-state index in [1.165, 1.54) is 6.42 Å². The Morgan fingerprint density at radius 1 is 1.13 bits per heavy atom. The summed E-state index contributed by atoms with van der Waals surface area (Å²) in [6, 6.07) is 0. The van der Waals surface area contributed by atoms with Gasteiger partial charge < -0.3 is 14.4 Å². The third kappa shape index (κ3) is 4.27. The Hall–Kier alpha value is -2.59. The molecule has 2 unspecified atom stereocenters. The summed E-state index contributed by atoms with van der Waals surface area (Å²) in [6.45, 7) is 6.46. The number of nitrogens with zero attached hydrogens (tertiary/aromatic N) is 8. The monoisotopic (exact) mass is 426 g/mol. The van der Waals surface area contributed by atoms with Gasteiger partial charge in [-0.15, -0.1) is 5.10 Å². The molecule has 0 aliphatic carbocycles. The van der Waals surface area contributed by atoms with E-state index in [0.29, 0.717) is 6.42 Å². The van der Waals surface area contributed by atoms with Crippen LogP contribution in [0.1, 0.15) is 48.7 Å². The number of anilines is 1. The molecule has 2 fully saturated rings. The first-order valence-corrected chi connectivity index (χ1v) is 11.2. The minimum Gasteiger partial charge on any atom is -0.353 e. The maximum absolute atomic E-state index is 6.14. The van der Waals surface area contributed by atoms with Crippen molar-refractivity contribution in [2.75, 3.05) is 24.6 Å². The molecule has 0 spiro atoms. The molecule has 3 aromatic heterocycles. The van der Waals surface area contributed by atoms with Crippen LogP contribution in [-0.2, 0) is 29.4 Å². The summed E-state index contributed by atoms with van der Waals surface area (Å²) in [4.78, 5) is 16.0. The Kier molecular flexibility index (Phi) is 5.58. The van der Waals surface area contributed by atoms with Crippen LogP contribution >= 0.6 is 0 Å². The van der Waals surface area contributed by atoms with Gasteiger partial charge in [-0.3, -0.25) is 9.67 Å². The van der Waals surface area contributed by atoms with Crippen molar-refractivity contribution >= 4 is 11.6 Å². The minimum atomic E-state index is -0.0497. The van der Waals surface area contributed by atoms with Crippen LogP contribution in [0.3, 0.4) is 0 Å². The van der Waals surface area contributed by atoms with Gasteiger partial charge in [0.1, 0.15) is 5.82 Å². The quantitative estimate of drug-likeness (QED) is 0.589. The Balaban J connectivity index is 1.21. The first-order chi connectivity index (χ1) is 15.1. The van der Waals surface area contributed by atoms with Gasteiger partial charge >= 0.3 is 0 Å². The molecule has 2 aliphatic rings. The molecule has 0 bridgehead atoms. The fourth-order valence-electron chi connectivity index (χ4n) is 4.27. The average molecular weight is 427 g/mol. The summed E-state index contributed by atoms with van der Waals surface area (Å²) in [5.41, 5.74) is 2.68. The lowest BCUT2D eigenvalue weighted by Gasteiger charge is -2.25. The molecule has 2 saturated heterocycles. The fourth-order valence-corrected chi connectivity index (χ4v) is 4.27. The number of ether oxygens (including phenoxy) is 2. The van der Waals surface area contributed by atoms with E-state index in [-0.39, 0.29) is 12.4 Å². The minimum absolute atomic E-state index is 0.0497. The van der Waals surface area contributed by atoms with Gasteiger partial charge in [0.05, 0.1) is 17.5 Å². The van der Waals surface area contributed by atoms with Crippen molar-refractivity contribution < 1.29 is 9.47 Å². The Morgan fingerprint density at radius 3 is 2.84 bits per heavy atom. The van der Waals surface area contributed by atoms with E-state index in [0.717, 1.165) is 80.0 Å². The van der Waals surface area contributed by atoms with Crippen molar-refractivity contribution in [3.63, 3.8) is 0 Å². The van der Waals surface area contributed by atoms with E-state index in [1.807, 2.05) is 36.3 Å². The molecule has 166 valence electrons. The van der Waals surface area contributed by atoms with Gasteiger partial charge in [0.15, 0.2) is 17.8 Å². The molecule has 2 atom stereocenters. The molecule has 31 heavy (non-hydrogen) atoms. The highest BCUT2D eigenvalue weighted by Gasteiger charge is 2.29. The zero-order chi connectivity index (χ0) is 21.4. The zero-order valence-corrected chi connectivity index (χ0v) is 18.5. The van der Waals surface area contributed by atoms with Crippen LogP contribution in [-0.4, -0.2) is 66.4 Å². The molecule has 10 heteroatoms. The van der Waals surface area contributed by atoms with Gasteiger partial charge in [0.25, 0.3) is 0 Å². The fraction of sp³-hybridized carbons (Fsp3) is 0.667. The van der Waals surface area contributed by atoms with Gasteiger partial charge in [-0.1, -0.05) is 0 Å². The highest BCUT2D eigenvalue weighted by Crippen LogP contribution is 2.23. The molecule has 0 radical (unpaired) electrons. The molecule has 5 heterocycles. The number of hydrogen-bond acceptors (Lipinski definition) is 8. The van der Waals surface area contributed by atoms with E-state index in [9.17, 15) is 0 Å². The second-order valence-corrected chi connectivity index (χ2v) is 8.49. The molecule has 0 aromatic carbocycles. The normalized spacial score (nSPS) is 22.0. The first kappa shape index (κ1) is 20.3. The smallest absolute Gasteiger partial charge is 0.245 e. The summed E-state index contributed by atoms with van der Waals surface area (Å²) >= 11 is 0.